The van der Waals surface area contributed by atoms with Crippen LogP contribution in [0.15, 0.2) is 60.9 Å². The molecule has 0 spiro atoms. The lowest BCUT2D eigenvalue weighted by Gasteiger charge is -2.11. The van der Waals surface area contributed by atoms with Gasteiger partial charge < -0.3 is 0 Å². The van der Waals surface area contributed by atoms with E-state index in [1.54, 1.807) is 42.5 Å². The molecule has 1 aromatic carbocycles. The van der Waals surface area contributed by atoms with Crippen molar-refractivity contribution >= 4 is 17.2 Å². The molecule has 0 saturated carbocycles. The van der Waals surface area contributed by atoms with Gasteiger partial charge in [-0.05, 0) is 35.9 Å². The second-order valence-electron chi connectivity index (χ2n) is 5.54. The van der Waals surface area contributed by atoms with Crippen LogP contribution >= 0.6 is 11.6 Å². The first-order valence-corrected chi connectivity index (χ1v) is 7.94. The lowest BCUT2D eigenvalue weighted by molar-refractivity contribution is -0.142. The van der Waals surface area contributed by atoms with E-state index in [4.69, 9.17) is 11.6 Å². The van der Waals surface area contributed by atoms with Crippen molar-refractivity contribution in [3.05, 3.63) is 71.6 Å². The monoisotopic (exact) mass is 374 g/mol. The van der Waals surface area contributed by atoms with E-state index in [1.165, 1.54) is 12.4 Å². The van der Waals surface area contributed by atoms with E-state index in [1.807, 2.05) is 0 Å². The van der Waals surface area contributed by atoms with Gasteiger partial charge in [0.15, 0.2) is 11.3 Å². The van der Waals surface area contributed by atoms with Crippen molar-refractivity contribution in [1.29, 1.82) is 0 Å². The molecule has 0 radical (unpaired) electrons. The quantitative estimate of drug-likeness (QED) is 0.488. The molecule has 0 aliphatic carbocycles. The molecule has 4 aromatic rings. The van der Waals surface area contributed by atoms with Gasteiger partial charge in [-0.3, -0.25) is 4.98 Å². The second-order valence-corrected chi connectivity index (χ2v) is 5.98. The summed E-state index contributed by atoms with van der Waals surface area (Å²) in [6.07, 6.45) is -1.74. The predicted octanol–water partition coefficient (Wildman–Crippen LogP) is 5.13. The second kappa shape index (κ2) is 6.10. The Balaban J connectivity index is 2.02. The maximum Gasteiger partial charge on any atom is 0.433 e. The van der Waals surface area contributed by atoms with Crippen LogP contribution in [0.25, 0.3) is 28.2 Å². The van der Waals surface area contributed by atoms with Crippen LogP contribution in [-0.2, 0) is 6.18 Å². The van der Waals surface area contributed by atoms with Gasteiger partial charge in [-0.25, -0.2) is 9.50 Å². The third-order valence-electron chi connectivity index (χ3n) is 3.83. The SMILES string of the molecule is FC(F)(F)c1cc(-c2ccccn2)nc2c(-c3cccc(Cl)c3)cnn12. The summed E-state index contributed by atoms with van der Waals surface area (Å²) in [6.45, 7) is 0. The first-order chi connectivity index (χ1) is 12.4. The normalized spacial score (nSPS) is 11.8. The van der Waals surface area contributed by atoms with Crippen LogP contribution in [0.5, 0.6) is 0 Å². The number of hydrogen-bond acceptors (Lipinski definition) is 3. The molecule has 26 heavy (non-hydrogen) atoms. The molecule has 0 fully saturated rings. The average molecular weight is 375 g/mol. The number of hydrogen-bond donors (Lipinski definition) is 0. The van der Waals surface area contributed by atoms with Gasteiger partial charge >= 0.3 is 6.18 Å². The van der Waals surface area contributed by atoms with Gasteiger partial charge in [0, 0.05) is 16.8 Å². The maximum atomic E-state index is 13.6. The van der Waals surface area contributed by atoms with Gasteiger partial charge in [0.1, 0.15) is 0 Å². The number of nitrogens with zero attached hydrogens (tertiary/aromatic N) is 4. The third kappa shape index (κ3) is 2.90. The van der Waals surface area contributed by atoms with E-state index in [0.717, 1.165) is 10.6 Å². The molecule has 3 aromatic heterocycles. The third-order valence-corrected chi connectivity index (χ3v) is 4.06. The van der Waals surface area contributed by atoms with Gasteiger partial charge in [0.25, 0.3) is 0 Å². The number of alkyl halides is 3. The van der Waals surface area contributed by atoms with Crippen molar-refractivity contribution in [2.45, 2.75) is 6.18 Å². The zero-order valence-corrected chi connectivity index (χ0v) is 13.8. The van der Waals surface area contributed by atoms with Crippen LogP contribution in [-0.4, -0.2) is 19.6 Å². The molecule has 130 valence electrons. The highest BCUT2D eigenvalue weighted by atomic mass is 35.5. The summed E-state index contributed by atoms with van der Waals surface area (Å²) in [5, 5.41) is 4.37. The standard InChI is InChI=1S/C18H10ClF3N4/c19-12-5-3-4-11(8-12)13-10-24-26-16(18(20,21)22)9-15(25-17(13)26)14-6-1-2-7-23-14/h1-10H. The fourth-order valence-corrected chi connectivity index (χ4v) is 2.86. The molecule has 0 aliphatic rings. The van der Waals surface area contributed by atoms with Gasteiger partial charge in [-0.2, -0.15) is 18.3 Å². The van der Waals surface area contributed by atoms with Crippen molar-refractivity contribution in [2.75, 3.05) is 0 Å². The minimum absolute atomic E-state index is 0.0859. The highest BCUT2D eigenvalue weighted by Crippen LogP contribution is 2.34. The van der Waals surface area contributed by atoms with E-state index < -0.39 is 11.9 Å². The average Bonchev–Trinajstić information content (AvgIpc) is 3.04. The molecule has 8 heteroatoms. The molecule has 4 nitrogen and oxygen atoms in total. The van der Waals surface area contributed by atoms with Crippen LogP contribution in [0.3, 0.4) is 0 Å². The molecule has 0 bridgehead atoms. The number of fused-ring (bicyclic) bond motifs is 1. The van der Waals surface area contributed by atoms with Crippen LogP contribution in [0.2, 0.25) is 5.02 Å². The lowest BCUT2D eigenvalue weighted by atomic mass is 10.1. The molecule has 0 N–H and O–H groups in total. The van der Waals surface area contributed by atoms with Crippen molar-refractivity contribution in [2.24, 2.45) is 0 Å². The summed E-state index contributed by atoms with van der Waals surface area (Å²) >= 11 is 6.01. The minimum atomic E-state index is -4.59. The van der Waals surface area contributed by atoms with Crippen molar-refractivity contribution in [3.63, 3.8) is 0 Å². The molecule has 0 atom stereocenters. The highest BCUT2D eigenvalue weighted by molar-refractivity contribution is 6.30. The molecule has 0 amide bonds. The van der Waals surface area contributed by atoms with E-state index in [-0.39, 0.29) is 11.3 Å². The fourth-order valence-electron chi connectivity index (χ4n) is 2.67. The Morgan fingerprint density at radius 2 is 1.81 bits per heavy atom. The van der Waals surface area contributed by atoms with Crippen LogP contribution in [0.1, 0.15) is 5.69 Å². The zero-order chi connectivity index (χ0) is 18.3. The van der Waals surface area contributed by atoms with Crippen LogP contribution in [0.4, 0.5) is 13.2 Å². The molecule has 4 rings (SSSR count). The summed E-state index contributed by atoms with van der Waals surface area (Å²) in [5.41, 5.74) is 0.717. The molecule has 0 saturated heterocycles. The van der Waals surface area contributed by atoms with Gasteiger partial charge in [0.05, 0.1) is 17.6 Å². The van der Waals surface area contributed by atoms with E-state index in [2.05, 4.69) is 15.1 Å². The zero-order valence-electron chi connectivity index (χ0n) is 13.1. The summed E-state index contributed by atoms with van der Waals surface area (Å²) < 4.78 is 41.5. The summed E-state index contributed by atoms with van der Waals surface area (Å²) in [4.78, 5) is 8.48. The topological polar surface area (TPSA) is 43.1 Å². The molecule has 3 heterocycles. The number of benzene rings is 1. The van der Waals surface area contributed by atoms with Crippen LogP contribution in [0, 0.1) is 0 Å². The van der Waals surface area contributed by atoms with E-state index >= 15 is 0 Å². The summed E-state index contributed by atoms with van der Waals surface area (Å²) in [6, 6.07) is 12.7. The minimum Gasteiger partial charge on any atom is -0.255 e. The Bertz CT molecular complexity index is 1090. The Morgan fingerprint density at radius 1 is 0.962 bits per heavy atom. The van der Waals surface area contributed by atoms with Gasteiger partial charge in [-0.15, -0.1) is 0 Å². The molecule has 0 unspecified atom stereocenters. The Hall–Kier alpha value is -2.93. The number of halogens is 4. The Morgan fingerprint density at radius 3 is 2.50 bits per heavy atom. The first kappa shape index (κ1) is 16.5. The summed E-state index contributed by atoms with van der Waals surface area (Å²) in [5.74, 6) is 0. The molecular weight excluding hydrogens is 365 g/mol. The van der Waals surface area contributed by atoms with Crippen molar-refractivity contribution in [1.82, 2.24) is 19.6 Å². The largest absolute Gasteiger partial charge is 0.433 e. The molecular formula is C18H10ClF3N4. The highest BCUT2D eigenvalue weighted by Gasteiger charge is 2.35. The fraction of sp³-hybridized carbons (Fsp3) is 0.0556. The van der Waals surface area contributed by atoms with Crippen LogP contribution < -0.4 is 0 Å². The maximum absolute atomic E-state index is 13.6. The Kier molecular flexibility index (Phi) is 3.88. The Labute approximate surface area is 150 Å². The molecule has 0 aliphatic heterocycles. The first-order valence-electron chi connectivity index (χ1n) is 7.57. The van der Waals surface area contributed by atoms with E-state index in [0.29, 0.717) is 21.8 Å². The predicted molar refractivity (Wildman–Crippen MR) is 91.7 cm³/mol. The van der Waals surface area contributed by atoms with Crippen molar-refractivity contribution < 1.29 is 13.2 Å². The van der Waals surface area contributed by atoms with Crippen molar-refractivity contribution in [3.8, 4) is 22.5 Å². The van der Waals surface area contributed by atoms with Gasteiger partial charge in [-0.1, -0.05) is 29.8 Å². The van der Waals surface area contributed by atoms with E-state index in [9.17, 15) is 13.2 Å². The number of pyridine rings is 1. The summed E-state index contributed by atoms with van der Waals surface area (Å²) in [7, 11) is 0. The number of rotatable bonds is 2. The number of aromatic nitrogens is 4. The van der Waals surface area contributed by atoms with Gasteiger partial charge in [0.2, 0.25) is 0 Å². The smallest absolute Gasteiger partial charge is 0.255 e. The lowest BCUT2D eigenvalue weighted by Crippen LogP contribution is -2.13.